The Morgan fingerprint density at radius 1 is 1.12 bits per heavy atom. The minimum atomic E-state index is -0.779. The van der Waals surface area contributed by atoms with Crippen LogP contribution in [0.5, 0.6) is 0 Å². The number of piperidine rings is 1. The van der Waals surface area contributed by atoms with Crippen LogP contribution in [0.2, 0.25) is 0 Å². The Hall–Kier alpha value is -1.91. The number of likely N-dealkylation sites (tertiary alicyclic amines) is 1. The van der Waals surface area contributed by atoms with Crippen LogP contribution in [0.4, 0.5) is 4.39 Å². The molecule has 1 heterocycles. The van der Waals surface area contributed by atoms with Crippen LogP contribution in [0, 0.1) is 23.6 Å². The van der Waals surface area contributed by atoms with Crippen LogP contribution in [0.1, 0.15) is 37.7 Å². The molecule has 1 saturated carbocycles. The highest BCUT2D eigenvalue weighted by atomic mass is 19.1. The standard InChI is InChI=1S/C19H24FNO3/c20-17-3-1-2-14(11-17)10-13-6-8-21(9-7-13)18(22)15-4-5-16(12-15)19(23)24/h1-3,11,13,15-16H,4-10,12H2,(H,23,24)/t15-,16+/m0/s1. The minimum Gasteiger partial charge on any atom is -0.481 e. The molecule has 2 atom stereocenters. The lowest BCUT2D eigenvalue weighted by atomic mass is 9.89. The van der Waals surface area contributed by atoms with E-state index >= 15 is 0 Å². The quantitative estimate of drug-likeness (QED) is 0.921. The Morgan fingerprint density at radius 3 is 2.46 bits per heavy atom. The minimum absolute atomic E-state index is 0.120. The lowest BCUT2D eigenvalue weighted by Gasteiger charge is -2.33. The zero-order valence-corrected chi connectivity index (χ0v) is 13.8. The third-order valence-electron chi connectivity index (χ3n) is 5.47. The van der Waals surface area contributed by atoms with Crippen molar-refractivity contribution in [1.82, 2.24) is 4.90 Å². The molecule has 1 aliphatic heterocycles. The lowest BCUT2D eigenvalue weighted by molar-refractivity contribution is -0.141. The van der Waals surface area contributed by atoms with E-state index in [1.165, 1.54) is 6.07 Å². The van der Waals surface area contributed by atoms with Crippen molar-refractivity contribution >= 4 is 11.9 Å². The van der Waals surface area contributed by atoms with Gasteiger partial charge in [0.15, 0.2) is 0 Å². The van der Waals surface area contributed by atoms with E-state index in [2.05, 4.69) is 0 Å². The number of benzene rings is 1. The van der Waals surface area contributed by atoms with Crippen molar-refractivity contribution in [2.45, 2.75) is 38.5 Å². The van der Waals surface area contributed by atoms with E-state index in [1.54, 1.807) is 12.1 Å². The average molecular weight is 333 g/mol. The van der Waals surface area contributed by atoms with Crippen LogP contribution in [-0.2, 0) is 16.0 Å². The number of carboxylic acids is 1. The predicted octanol–water partition coefficient (Wildman–Crippen LogP) is 3.11. The zero-order chi connectivity index (χ0) is 17.1. The van der Waals surface area contributed by atoms with E-state index in [4.69, 9.17) is 5.11 Å². The van der Waals surface area contributed by atoms with Gasteiger partial charge >= 0.3 is 5.97 Å². The Kier molecular flexibility index (Phi) is 5.17. The first-order valence-corrected chi connectivity index (χ1v) is 8.79. The number of hydrogen-bond donors (Lipinski definition) is 1. The maximum absolute atomic E-state index is 13.3. The molecule has 0 unspecified atom stereocenters. The first-order valence-electron chi connectivity index (χ1n) is 8.79. The molecule has 0 bridgehead atoms. The van der Waals surface area contributed by atoms with E-state index < -0.39 is 5.97 Å². The monoisotopic (exact) mass is 333 g/mol. The number of carbonyl (C=O) groups is 2. The maximum Gasteiger partial charge on any atom is 0.306 e. The fourth-order valence-electron chi connectivity index (χ4n) is 4.04. The van der Waals surface area contributed by atoms with E-state index in [0.717, 1.165) is 37.9 Å². The van der Waals surface area contributed by atoms with Crippen LogP contribution in [-0.4, -0.2) is 35.0 Å². The third-order valence-corrected chi connectivity index (χ3v) is 5.47. The largest absolute Gasteiger partial charge is 0.481 e. The number of halogens is 1. The molecule has 5 heteroatoms. The molecule has 3 rings (SSSR count). The Bertz CT molecular complexity index is 610. The number of rotatable bonds is 4. The molecule has 1 aliphatic carbocycles. The summed E-state index contributed by atoms with van der Waals surface area (Å²) in [5.41, 5.74) is 1.01. The van der Waals surface area contributed by atoms with Crippen molar-refractivity contribution < 1.29 is 19.1 Å². The number of carbonyl (C=O) groups excluding carboxylic acids is 1. The van der Waals surface area contributed by atoms with Gasteiger partial charge in [-0.2, -0.15) is 0 Å². The first-order chi connectivity index (χ1) is 11.5. The topological polar surface area (TPSA) is 57.6 Å². The molecule has 1 amide bonds. The van der Waals surface area contributed by atoms with E-state index in [-0.39, 0.29) is 23.6 Å². The average Bonchev–Trinajstić information content (AvgIpc) is 3.05. The highest BCUT2D eigenvalue weighted by molar-refractivity contribution is 5.81. The fraction of sp³-hybridized carbons (Fsp3) is 0.579. The summed E-state index contributed by atoms with van der Waals surface area (Å²) in [6.07, 6.45) is 4.50. The third kappa shape index (κ3) is 3.94. The van der Waals surface area contributed by atoms with Gasteiger partial charge in [0, 0.05) is 19.0 Å². The lowest BCUT2D eigenvalue weighted by Crippen LogP contribution is -2.41. The van der Waals surface area contributed by atoms with Gasteiger partial charge in [0.2, 0.25) is 5.91 Å². The SMILES string of the molecule is O=C(O)[C@@H]1CC[C@H](C(=O)N2CCC(Cc3cccc(F)c3)CC2)C1. The number of amides is 1. The zero-order valence-electron chi connectivity index (χ0n) is 13.8. The molecule has 0 radical (unpaired) electrons. The number of nitrogens with zero attached hydrogens (tertiary/aromatic N) is 1. The molecule has 1 aromatic carbocycles. The second kappa shape index (κ2) is 7.32. The molecule has 1 aromatic rings. The van der Waals surface area contributed by atoms with Crippen LogP contribution in [0.25, 0.3) is 0 Å². The number of aliphatic carboxylic acids is 1. The molecule has 1 N–H and O–H groups in total. The molecular formula is C19H24FNO3. The van der Waals surface area contributed by atoms with Crippen molar-refractivity contribution in [1.29, 1.82) is 0 Å². The van der Waals surface area contributed by atoms with Gasteiger partial charge in [0.1, 0.15) is 5.82 Å². The van der Waals surface area contributed by atoms with Gasteiger partial charge in [-0.3, -0.25) is 9.59 Å². The summed E-state index contributed by atoms with van der Waals surface area (Å²) in [5.74, 6) is -0.849. The highest BCUT2D eigenvalue weighted by Crippen LogP contribution is 2.33. The molecule has 4 nitrogen and oxygen atoms in total. The van der Waals surface area contributed by atoms with Crippen LogP contribution in [0.15, 0.2) is 24.3 Å². The van der Waals surface area contributed by atoms with Gasteiger partial charge in [-0.25, -0.2) is 4.39 Å². The van der Waals surface area contributed by atoms with Crippen LogP contribution in [0.3, 0.4) is 0 Å². The summed E-state index contributed by atoms with van der Waals surface area (Å²) in [6, 6.07) is 6.73. The molecule has 24 heavy (non-hydrogen) atoms. The normalized spacial score (nSPS) is 25.0. The first kappa shape index (κ1) is 16.9. The van der Waals surface area contributed by atoms with Crippen molar-refractivity contribution in [2.24, 2.45) is 17.8 Å². The van der Waals surface area contributed by atoms with Crippen molar-refractivity contribution in [3.05, 3.63) is 35.6 Å². The molecule has 1 saturated heterocycles. The number of hydrogen-bond acceptors (Lipinski definition) is 2. The summed E-state index contributed by atoms with van der Waals surface area (Å²) >= 11 is 0. The Balaban J connectivity index is 1.48. The molecule has 0 aromatic heterocycles. The van der Waals surface area contributed by atoms with Crippen LogP contribution >= 0.6 is 0 Å². The smallest absolute Gasteiger partial charge is 0.306 e. The fourth-order valence-corrected chi connectivity index (χ4v) is 4.04. The summed E-state index contributed by atoms with van der Waals surface area (Å²) in [5, 5.41) is 9.07. The summed E-state index contributed by atoms with van der Waals surface area (Å²) in [6.45, 7) is 1.46. The van der Waals surface area contributed by atoms with E-state index in [9.17, 15) is 14.0 Å². The molecule has 2 aliphatic rings. The second-order valence-electron chi connectivity index (χ2n) is 7.15. The van der Waals surface area contributed by atoms with Crippen molar-refractivity contribution in [2.75, 3.05) is 13.1 Å². The predicted molar refractivity (Wildman–Crippen MR) is 87.9 cm³/mol. The van der Waals surface area contributed by atoms with Crippen molar-refractivity contribution in [3.8, 4) is 0 Å². The molecule has 2 fully saturated rings. The summed E-state index contributed by atoms with van der Waals surface area (Å²) in [7, 11) is 0. The molecule has 0 spiro atoms. The molecule has 130 valence electrons. The maximum atomic E-state index is 13.3. The van der Waals surface area contributed by atoms with Gasteiger partial charge in [0.25, 0.3) is 0 Å². The summed E-state index contributed by atoms with van der Waals surface area (Å²) < 4.78 is 13.3. The van der Waals surface area contributed by atoms with Gasteiger partial charge in [-0.15, -0.1) is 0 Å². The molecular weight excluding hydrogens is 309 g/mol. The van der Waals surface area contributed by atoms with Crippen molar-refractivity contribution in [3.63, 3.8) is 0 Å². The van der Waals surface area contributed by atoms with Crippen LogP contribution < -0.4 is 0 Å². The van der Waals surface area contributed by atoms with Gasteiger partial charge in [-0.1, -0.05) is 12.1 Å². The number of carboxylic acid groups (broad SMARTS) is 1. The van der Waals surface area contributed by atoms with E-state index in [1.807, 2.05) is 11.0 Å². The highest BCUT2D eigenvalue weighted by Gasteiger charge is 2.36. The second-order valence-corrected chi connectivity index (χ2v) is 7.15. The van der Waals surface area contributed by atoms with Gasteiger partial charge in [0.05, 0.1) is 5.92 Å². The van der Waals surface area contributed by atoms with E-state index in [0.29, 0.717) is 25.2 Å². The van der Waals surface area contributed by atoms with Gasteiger partial charge < -0.3 is 10.0 Å². The Morgan fingerprint density at radius 2 is 1.83 bits per heavy atom. The Labute approximate surface area is 141 Å². The van der Waals surface area contributed by atoms with Gasteiger partial charge in [-0.05, 0) is 62.1 Å². The summed E-state index contributed by atoms with van der Waals surface area (Å²) in [4.78, 5) is 25.5.